The van der Waals surface area contributed by atoms with E-state index in [1.807, 2.05) is 6.07 Å². The van der Waals surface area contributed by atoms with Crippen molar-refractivity contribution >= 4 is 11.5 Å². The van der Waals surface area contributed by atoms with Gasteiger partial charge in [-0.1, -0.05) is 6.07 Å². The zero-order valence-electron chi connectivity index (χ0n) is 11.9. The van der Waals surface area contributed by atoms with E-state index in [1.165, 1.54) is 0 Å². The lowest BCUT2D eigenvalue weighted by Crippen LogP contribution is -2.16. The van der Waals surface area contributed by atoms with Crippen LogP contribution in [0.3, 0.4) is 0 Å². The highest BCUT2D eigenvalue weighted by molar-refractivity contribution is 5.62. The van der Waals surface area contributed by atoms with Crippen LogP contribution in [0.5, 0.6) is 11.8 Å². The van der Waals surface area contributed by atoms with Gasteiger partial charge in [-0.3, -0.25) is 0 Å². The smallest absolute Gasteiger partial charge is 0.318 e. The number of nitrogens with zero attached hydrogens (tertiary/aromatic N) is 2. The van der Waals surface area contributed by atoms with E-state index in [4.69, 9.17) is 4.74 Å². The predicted octanol–water partition coefficient (Wildman–Crippen LogP) is 1.62. The molecule has 1 aliphatic heterocycles. The number of ether oxygens (including phenoxy) is 1. The van der Waals surface area contributed by atoms with E-state index in [0.717, 1.165) is 48.7 Å². The van der Waals surface area contributed by atoms with Gasteiger partial charge in [0, 0.05) is 30.3 Å². The summed E-state index contributed by atoms with van der Waals surface area (Å²) in [6.45, 7) is 1.80. The van der Waals surface area contributed by atoms with Gasteiger partial charge in [0.05, 0.1) is 12.8 Å². The minimum absolute atomic E-state index is 0.216. The monoisotopic (exact) mass is 286 g/mol. The second-order valence-corrected chi connectivity index (χ2v) is 4.91. The van der Waals surface area contributed by atoms with Crippen molar-refractivity contribution in [2.75, 3.05) is 25.5 Å². The summed E-state index contributed by atoms with van der Waals surface area (Å²) >= 11 is 0. The van der Waals surface area contributed by atoms with E-state index < -0.39 is 0 Å². The van der Waals surface area contributed by atoms with Gasteiger partial charge in [0.25, 0.3) is 0 Å². The van der Waals surface area contributed by atoms with Crippen LogP contribution in [0, 0.1) is 0 Å². The SMILES string of the molecule is COc1nc2c(c(Nc3cccc(O)c3)n1)CCNCC2. The number of anilines is 2. The fraction of sp³-hybridized carbons (Fsp3) is 0.333. The molecule has 21 heavy (non-hydrogen) atoms. The summed E-state index contributed by atoms with van der Waals surface area (Å²) in [7, 11) is 1.56. The molecule has 0 bridgehead atoms. The Hall–Kier alpha value is -2.34. The zero-order valence-corrected chi connectivity index (χ0v) is 11.9. The highest BCUT2D eigenvalue weighted by Gasteiger charge is 2.17. The highest BCUT2D eigenvalue weighted by Crippen LogP contribution is 2.26. The summed E-state index contributed by atoms with van der Waals surface area (Å²) in [4.78, 5) is 8.87. The van der Waals surface area contributed by atoms with Gasteiger partial charge in [0.2, 0.25) is 0 Å². The first kappa shape index (κ1) is 13.6. The van der Waals surface area contributed by atoms with Gasteiger partial charge in [-0.2, -0.15) is 9.97 Å². The van der Waals surface area contributed by atoms with Crippen LogP contribution in [0.25, 0.3) is 0 Å². The van der Waals surface area contributed by atoms with Crippen molar-refractivity contribution in [3.8, 4) is 11.8 Å². The molecule has 0 spiro atoms. The number of rotatable bonds is 3. The second-order valence-electron chi connectivity index (χ2n) is 4.91. The van der Waals surface area contributed by atoms with E-state index in [0.29, 0.717) is 6.01 Å². The maximum Gasteiger partial charge on any atom is 0.318 e. The Morgan fingerprint density at radius 2 is 2.10 bits per heavy atom. The first-order chi connectivity index (χ1) is 10.3. The molecule has 110 valence electrons. The first-order valence-electron chi connectivity index (χ1n) is 6.97. The van der Waals surface area contributed by atoms with Crippen molar-refractivity contribution < 1.29 is 9.84 Å². The highest BCUT2D eigenvalue weighted by atomic mass is 16.5. The van der Waals surface area contributed by atoms with Crippen molar-refractivity contribution in [2.45, 2.75) is 12.8 Å². The molecule has 3 N–H and O–H groups in total. The molecule has 0 saturated carbocycles. The van der Waals surface area contributed by atoms with Gasteiger partial charge in [-0.05, 0) is 25.1 Å². The average molecular weight is 286 g/mol. The van der Waals surface area contributed by atoms with Crippen LogP contribution in [0.15, 0.2) is 24.3 Å². The lowest BCUT2D eigenvalue weighted by molar-refractivity contribution is 0.378. The lowest BCUT2D eigenvalue weighted by atomic mass is 10.1. The number of nitrogens with one attached hydrogen (secondary N) is 2. The largest absolute Gasteiger partial charge is 0.508 e. The maximum absolute atomic E-state index is 9.57. The molecular formula is C15H18N4O2. The Morgan fingerprint density at radius 3 is 2.90 bits per heavy atom. The third-order valence-corrected chi connectivity index (χ3v) is 3.45. The van der Waals surface area contributed by atoms with Gasteiger partial charge < -0.3 is 20.5 Å². The molecule has 0 radical (unpaired) electrons. The molecule has 1 aliphatic rings. The van der Waals surface area contributed by atoms with E-state index >= 15 is 0 Å². The van der Waals surface area contributed by atoms with Gasteiger partial charge in [0.1, 0.15) is 11.6 Å². The molecule has 3 rings (SSSR count). The predicted molar refractivity (Wildman–Crippen MR) is 80.3 cm³/mol. The van der Waals surface area contributed by atoms with Crippen molar-refractivity contribution in [1.82, 2.24) is 15.3 Å². The molecule has 0 amide bonds. The molecule has 0 fully saturated rings. The summed E-state index contributed by atoms with van der Waals surface area (Å²) in [6, 6.07) is 7.33. The number of phenolic OH excluding ortho intramolecular Hbond substituents is 1. The standard InChI is InChI=1S/C15H18N4O2/c1-21-15-18-13-6-8-16-7-5-12(13)14(19-15)17-10-3-2-4-11(20)9-10/h2-4,9,16,20H,5-8H2,1H3,(H,17,18,19). The molecule has 1 aromatic heterocycles. The lowest BCUT2D eigenvalue weighted by Gasteiger charge is -2.14. The van der Waals surface area contributed by atoms with Crippen molar-refractivity contribution in [2.24, 2.45) is 0 Å². The van der Waals surface area contributed by atoms with Gasteiger partial charge in [-0.15, -0.1) is 0 Å². The van der Waals surface area contributed by atoms with Crippen molar-refractivity contribution in [1.29, 1.82) is 0 Å². The number of aromatic hydroxyl groups is 1. The Kier molecular flexibility index (Phi) is 3.87. The summed E-state index contributed by atoms with van der Waals surface area (Å²) in [5.41, 5.74) is 2.90. The first-order valence-corrected chi connectivity index (χ1v) is 6.97. The van der Waals surface area contributed by atoms with Crippen LogP contribution in [0.2, 0.25) is 0 Å². The number of fused-ring (bicyclic) bond motifs is 1. The fourth-order valence-electron chi connectivity index (χ4n) is 2.44. The molecule has 0 saturated heterocycles. The molecule has 0 unspecified atom stereocenters. The molecule has 6 heteroatoms. The van der Waals surface area contributed by atoms with Crippen LogP contribution >= 0.6 is 0 Å². The van der Waals surface area contributed by atoms with Gasteiger partial charge >= 0.3 is 6.01 Å². The van der Waals surface area contributed by atoms with Crippen LogP contribution < -0.4 is 15.4 Å². The Labute approximate surface area is 123 Å². The second kappa shape index (κ2) is 5.97. The number of methoxy groups -OCH3 is 1. The number of benzene rings is 1. The van der Waals surface area contributed by atoms with Crippen LogP contribution in [0.4, 0.5) is 11.5 Å². The number of hydrogen-bond acceptors (Lipinski definition) is 6. The minimum atomic E-state index is 0.216. The van der Waals surface area contributed by atoms with Crippen molar-refractivity contribution in [3.05, 3.63) is 35.5 Å². The van der Waals surface area contributed by atoms with Crippen LogP contribution in [-0.2, 0) is 12.8 Å². The molecule has 0 aliphatic carbocycles. The Bertz CT molecular complexity index is 646. The van der Waals surface area contributed by atoms with Crippen molar-refractivity contribution in [3.63, 3.8) is 0 Å². The third-order valence-electron chi connectivity index (χ3n) is 3.45. The number of phenols is 1. The zero-order chi connectivity index (χ0) is 14.7. The normalized spacial score (nSPS) is 14.1. The topological polar surface area (TPSA) is 79.3 Å². The van der Waals surface area contributed by atoms with Gasteiger partial charge in [-0.25, -0.2) is 0 Å². The summed E-state index contributed by atoms with van der Waals surface area (Å²) in [6.07, 6.45) is 1.71. The van der Waals surface area contributed by atoms with Gasteiger partial charge in [0.15, 0.2) is 0 Å². The Balaban J connectivity index is 1.99. The third kappa shape index (κ3) is 3.05. The van der Waals surface area contributed by atoms with Crippen LogP contribution in [-0.4, -0.2) is 35.3 Å². The van der Waals surface area contributed by atoms with E-state index in [9.17, 15) is 5.11 Å². The minimum Gasteiger partial charge on any atom is -0.508 e. The number of hydrogen-bond donors (Lipinski definition) is 3. The van der Waals surface area contributed by atoms with Crippen LogP contribution in [0.1, 0.15) is 11.3 Å². The molecule has 6 nitrogen and oxygen atoms in total. The quantitative estimate of drug-likeness (QED) is 0.796. The average Bonchev–Trinajstić information content (AvgIpc) is 2.72. The summed E-state index contributed by atoms with van der Waals surface area (Å²) in [5.74, 6) is 0.958. The number of aromatic nitrogens is 2. The van der Waals surface area contributed by atoms with E-state index in [1.54, 1.807) is 25.3 Å². The molecule has 2 heterocycles. The molecule has 2 aromatic rings. The maximum atomic E-state index is 9.57. The fourth-order valence-corrected chi connectivity index (χ4v) is 2.44. The summed E-state index contributed by atoms with van der Waals surface area (Å²) in [5, 5.41) is 16.2. The van der Waals surface area contributed by atoms with E-state index in [-0.39, 0.29) is 5.75 Å². The summed E-state index contributed by atoms with van der Waals surface area (Å²) < 4.78 is 5.19. The van der Waals surface area contributed by atoms with E-state index in [2.05, 4.69) is 20.6 Å². The Morgan fingerprint density at radius 1 is 1.24 bits per heavy atom. The molecular weight excluding hydrogens is 268 g/mol. The molecule has 1 aromatic carbocycles. The molecule has 0 atom stereocenters.